The molecule has 1 aromatic carbocycles. The number of benzene rings is 1. The van der Waals surface area contributed by atoms with Gasteiger partial charge in [-0.15, -0.1) is 0 Å². The molecule has 0 amide bonds. The molecule has 1 heterocycles. The Balaban J connectivity index is 2.25. The van der Waals surface area contributed by atoms with Crippen LogP contribution in [-0.4, -0.2) is 32.7 Å². The molecule has 0 spiro atoms. The van der Waals surface area contributed by atoms with Gasteiger partial charge in [0.2, 0.25) is 0 Å². The molecule has 0 saturated heterocycles. The maximum atomic E-state index is 9.44. The third kappa shape index (κ3) is 2.78. The Morgan fingerprint density at radius 1 is 1.39 bits per heavy atom. The van der Waals surface area contributed by atoms with Crippen molar-refractivity contribution in [3.63, 3.8) is 0 Å². The lowest BCUT2D eigenvalue weighted by atomic mass is 10.1. The van der Waals surface area contributed by atoms with E-state index in [9.17, 15) is 5.11 Å². The second-order valence-corrected chi connectivity index (χ2v) is 4.45. The predicted octanol–water partition coefficient (Wildman–Crippen LogP) is 1.32. The van der Waals surface area contributed by atoms with Crippen LogP contribution in [0.25, 0.3) is 11.3 Å². The number of aliphatic hydroxyl groups excluding tert-OH is 2. The first kappa shape index (κ1) is 12.8. The van der Waals surface area contributed by atoms with Gasteiger partial charge in [0.05, 0.1) is 24.9 Å². The molecule has 1 atom stereocenters. The van der Waals surface area contributed by atoms with Gasteiger partial charge in [0.1, 0.15) is 0 Å². The molecule has 1 radical (unpaired) electrons. The first-order valence-corrected chi connectivity index (χ1v) is 5.92. The smallest absolute Gasteiger partial charge is 0.0966 e. The molecule has 2 aromatic rings. The number of aromatic nitrogens is 2. The summed E-state index contributed by atoms with van der Waals surface area (Å²) in [5, 5.41) is 22.7. The quantitative estimate of drug-likeness (QED) is 0.854. The van der Waals surface area contributed by atoms with E-state index in [1.54, 1.807) is 4.68 Å². The van der Waals surface area contributed by atoms with Crippen LogP contribution in [0.1, 0.15) is 11.3 Å². The minimum absolute atomic E-state index is 0.257. The van der Waals surface area contributed by atoms with Crippen molar-refractivity contribution in [1.29, 1.82) is 0 Å². The van der Waals surface area contributed by atoms with Crippen LogP contribution in [0, 0.1) is 19.9 Å². The van der Waals surface area contributed by atoms with Gasteiger partial charge in [0, 0.05) is 11.3 Å². The summed E-state index contributed by atoms with van der Waals surface area (Å²) in [6, 6.07) is 11.0. The van der Waals surface area contributed by atoms with Gasteiger partial charge < -0.3 is 10.2 Å². The summed E-state index contributed by atoms with van der Waals surface area (Å²) < 4.78 is 1.70. The highest BCUT2D eigenvalue weighted by Gasteiger charge is 2.10. The van der Waals surface area contributed by atoms with E-state index < -0.39 is 6.10 Å². The van der Waals surface area contributed by atoms with Crippen LogP contribution in [0.3, 0.4) is 0 Å². The van der Waals surface area contributed by atoms with Crippen molar-refractivity contribution in [2.24, 2.45) is 0 Å². The number of aryl methyl sites for hydroxylation is 2. The van der Waals surface area contributed by atoms with Gasteiger partial charge in [-0.05, 0) is 37.6 Å². The van der Waals surface area contributed by atoms with Crippen molar-refractivity contribution in [3.05, 3.63) is 41.6 Å². The largest absolute Gasteiger partial charge is 0.394 e. The van der Waals surface area contributed by atoms with E-state index in [1.807, 2.05) is 38.1 Å². The molecule has 1 aromatic heterocycles. The fourth-order valence-electron chi connectivity index (χ4n) is 1.76. The first-order chi connectivity index (χ1) is 8.60. The van der Waals surface area contributed by atoms with E-state index in [0.29, 0.717) is 6.54 Å². The molecule has 0 aliphatic rings. The minimum atomic E-state index is -0.777. The van der Waals surface area contributed by atoms with Crippen LogP contribution in [0.4, 0.5) is 0 Å². The van der Waals surface area contributed by atoms with Gasteiger partial charge in [-0.2, -0.15) is 5.10 Å². The highest BCUT2D eigenvalue weighted by atomic mass is 16.3. The molecule has 4 heteroatoms. The Labute approximate surface area is 107 Å². The summed E-state index contributed by atoms with van der Waals surface area (Å²) >= 11 is 0. The lowest BCUT2D eigenvalue weighted by Gasteiger charge is -2.08. The summed E-state index contributed by atoms with van der Waals surface area (Å²) in [6.07, 6.45) is -0.777. The SMILES string of the molecule is Cc1[c]cc(-c2cc(C)n(C[C@@H](O)CO)n2)cc1. The second-order valence-electron chi connectivity index (χ2n) is 4.45. The summed E-state index contributed by atoms with van der Waals surface area (Å²) in [6.45, 7) is 3.97. The molecular formula is C14H17N2O2. The highest BCUT2D eigenvalue weighted by molar-refractivity contribution is 5.59. The van der Waals surface area contributed by atoms with E-state index in [-0.39, 0.29) is 6.61 Å². The van der Waals surface area contributed by atoms with Crippen molar-refractivity contribution < 1.29 is 10.2 Å². The van der Waals surface area contributed by atoms with Gasteiger partial charge in [-0.25, -0.2) is 0 Å². The molecule has 2 N–H and O–H groups in total. The van der Waals surface area contributed by atoms with Crippen molar-refractivity contribution in [3.8, 4) is 11.3 Å². The summed E-state index contributed by atoms with van der Waals surface area (Å²) in [4.78, 5) is 0. The summed E-state index contributed by atoms with van der Waals surface area (Å²) in [5.41, 5.74) is 3.90. The standard InChI is InChI=1S/C14H17N2O2/c1-10-3-5-12(6-4-10)14-7-11(2)16(15-14)8-13(18)9-17/h3,5-7,13,17-18H,8-9H2,1-2H3/t13-/m1/s1. The molecule has 0 aliphatic heterocycles. The van der Waals surface area contributed by atoms with E-state index >= 15 is 0 Å². The van der Waals surface area contributed by atoms with Gasteiger partial charge in [-0.1, -0.05) is 12.1 Å². The zero-order chi connectivity index (χ0) is 13.1. The molecule has 18 heavy (non-hydrogen) atoms. The summed E-state index contributed by atoms with van der Waals surface area (Å²) in [5.74, 6) is 0. The highest BCUT2D eigenvalue weighted by Crippen LogP contribution is 2.19. The second kappa shape index (κ2) is 5.33. The lowest BCUT2D eigenvalue weighted by molar-refractivity contribution is 0.0778. The number of hydrogen-bond acceptors (Lipinski definition) is 3. The topological polar surface area (TPSA) is 58.3 Å². The number of rotatable bonds is 4. The molecule has 2 rings (SSSR count). The molecular weight excluding hydrogens is 228 g/mol. The fraction of sp³-hybridized carbons (Fsp3) is 0.357. The van der Waals surface area contributed by atoms with Crippen LogP contribution >= 0.6 is 0 Å². The van der Waals surface area contributed by atoms with Crippen LogP contribution in [0.2, 0.25) is 0 Å². The Hall–Kier alpha value is -1.65. The third-order valence-electron chi connectivity index (χ3n) is 2.84. The van der Waals surface area contributed by atoms with E-state index in [1.165, 1.54) is 0 Å². The Morgan fingerprint density at radius 2 is 2.17 bits per heavy atom. The predicted molar refractivity (Wildman–Crippen MR) is 69.1 cm³/mol. The van der Waals surface area contributed by atoms with Crippen molar-refractivity contribution in [1.82, 2.24) is 9.78 Å². The third-order valence-corrected chi connectivity index (χ3v) is 2.84. The van der Waals surface area contributed by atoms with Crippen molar-refractivity contribution in [2.75, 3.05) is 6.61 Å². The lowest BCUT2D eigenvalue weighted by Crippen LogP contribution is -2.21. The fourth-order valence-corrected chi connectivity index (χ4v) is 1.76. The zero-order valence-electron chi connectivity index (χ0n) is 10.6. The first-order valence-electron chi connectivity index (χ1n) is 5.92. The Kier molecular flexibility index (Phi) is 3.79. The van der Waals surface area contributed by atoms with E-state index in [2.05, 4.69) is 11.2 Å². The minimum Gasteiger partial charge on any atom is -0.394 e. The van der Waals surface area contributed by atoms with Gasteiger partial charge >= 0.3 is 0 Å². The van der Waals surface area contributed by atoms with Crippen LogP contribution in [0.5, 0.6) is 0 Å². The molecule has 0 bridgehead atoms. The number of hydrogen-bond donors (Lipinski definition) is 2. The van der Waals surface area contributed by atoms with E-state index in [0.717, 1.165) is 22.5 Å². The van der Waals surface area contributed by atoms with Gasteiger partial charge in [0.15, 0.2) is 0 Å². The van der Waals surface area contributed by atoms with Gasteiger partial charge in [0.25, 0.3) is 0 Å². The molecule has 0 unspecified atom stereocenters. The Morgan fingerprint density at radius 3 is 2.78 bits per heavy atom. The maximum Gasteiger partial charge on any atom is 0.0966 e. The van der Waals surface area contributed by atoms with Crippen molar-refractivity contribution in [2.45, 2.75) is 26.5 Å². The zero-order valence-corrected chi connectivity index (χ0v) is 10.6. The van der Waals surface area contributed by atoms with E-state index in [4.69, 9.17) is 5.11 Å². The Bertz CT molecular complexity index is 517. The van der Waals surface area contributed by atoms with Gasteiger partial charge in [-0.3, -0.25) is 4.68 Å². The maximum absolute atomic E-state index is 9.44. The molecule has 95 valence electrons. The summed E-state index contributed by atoms with van der Waals surface area (Å²) in [7, 11) is 0. The van der Waals surface area contributed by atoms with Crippen molar-refractivity contribution >= 4 is 0 Å². The number of nitrogens with zero attached hydrogens (tertiary/aromatic N) is 2. The van der Waals surface area contributed by atoms with Crippen LogP contribution in [0.15, 0.2) is 24.3 Å². The molecule has 0 aliphatic carbocycles. The number of aliphatic hydroxyl groups is 2. The normalized spacial score (nSPS) is 12.7. The monoisotopic (exact) mass is 245 g/mol. The average Bonchev–Trinajstić information content (AvgIpc) is 2.71. The molecule has 0 fully saturated rings. The molecule has 0 saturated carbocycles. The van der Waals surface area contributed by atoms with Crippen LogP contribution in [-0.2, 0) is 6.54 Å². The average molecular weight is 245 g/mol. The molecule has 4 nitrogen and oxygen atoms in total. The van der Waals surface area contributed by atoms with Crippen LogP contribution < -0.4 is 0 Å².